The van der Waals surface area contributed by atoms with E-state index in [0.717, 1.165) is 31.5 Å². The molecule has 1 atom stereocenters. The van der Waals surface area contributed by atoms with E-state index >= 15 is 0 Å². The van der Waals surface area contributed by atoms with Gasteiger partial charge in [0.25, 0.3) is 5.91 Å². The molecule has 0 aliphatic carbocycles. The number of benzene rings is 1. The maximum absolute atomic E-state index is 12.6. The Balaban J connectivity index is 1.78. The Kier molecular flexibility index (Phi) is 4.01. The van der Waals surface area contributed by atoms with Crippen LogP contribution in [0, 0.1) is 0 Å². The number of likely N-dealkylation sites (tertiary alicyclic amines) is 1. The maximum atomic E-state index is 12.6. The molecule has 21 heavy (non-hydrogen) atoms. The fraction of sp³-hybridized carbons (Fsp3) is 0.375. The molecule has 3 rings (SSSR count). The van der Waals surface area contributed by atoms with Gasteiger partial charge in [-0.05, 0) is 43.5 Å². The van der Waals surface area contributed by atoms with Crippen LogP contribution in [0.2, 0.25) is 0 Å². The number of amides is 1. The van der Waals surface area contributed by atoms with Gasteiger partial charge in [0.1, 0.15) is 0 Å². The van der Waals surface area contributed by atoms with Crippen molar-refractivity contribution < 1.29 is 9.90 Å². The summed E-state index contributed by atoms with van der Waals surface area (Å²) < 4.78 is 1.89. The Morgan fingerprint density at radius 2 is 2.10 bits per heavy atom. The summed E-state index contributed by atoms with van der Waals surface area (Å²) in [5.74, 6) is 0.00549. The van der Waals surface area contributed by atoms with Crippen molar-refractivity contribution in [1.29, 1.82) is 0 Å². The molecule has 5 heteroatoms. The number of aliphatic hydroxyl groups is 1. The van der Waals surface area contributed by atoms with Crippen molar-refractivity contribution in [2.24, 2.45) is 0 Å². The van der Waals surface area contributed by atoms with Gasteiger partial charge in [0.15, 0.2) is 0 Å². The van der Waals surface area contributed by atoms with Crippen LogP contribution >= 0.6 is 0 Å². The number of hydrogen-bond donors (Lipinski definition) is 1. The molecule has 2 heterocycles. The summed E-state index contributed by atoms with van der Waals surface area (Å²) >= 11 is 0. The van der Waals surface area contributed by atoms with Crippen molar-refractivity contribution in [3.63, 3.8) is 0 Å². The summed E-state index contributed by atoms with van der Waals surface area (Å²) in [5.41, 5.74) is 1.64. The number of rotatable bonds is 3. The average Bonchev–Trinajstić information content (AvgIpc) is 3.09. The van der Waals surface area contributed by atoms with Crippen LogP contribution in [0.5, 0.6) is 0 Å². The molecule has 0 spiro atoms. The van der Waals surface area contributed by atoms with Gasteiger partial charge in [0.05, 0.1) is 19.0 Å². The van der Waals surface area contributed by atoms with E-state index < -0.39 is 0 Å². The Morgan fingerprint density at radius 1 is 1.29 bits per heavy atom. The molecule has 0 unspecified atom stereocenters. The molecule has 1 N–H and O–H groups in total. The molecule has 1 saturated heterocycles. The molecule has 0 radical (unpaired) electrons. The quantitative estimate of drug-likeness (QED) is 0.936. The van der Waals surface area contributed by atoms with Crippen LogP contribution in [0.4, 0.5) is 0 Å². The minimum Gasteiger partial charge on any atom is -0.394 e. The van der Waals surface area contributed by atoms with E-state index in [0.29, 0.717) is 5.56 Å². The summed E-state index contributed by atoms with van der Waals surface area (Å²) in [6.07, 6.45) is 8.28. The van der Waals surface area contributed by atoms with Crippen LogP contribution in [-0.4, -0.2) is 44.7 Å². The summed E-state index contributed by atoms with van der Waals surface area (Å²) in [7, 11) is 0. The predicted octanol–water partition coefficient (Wildman–Crippen LogP) is 1.86. The standard InChI is InChI=1S/C16H19N3O2/c20-11-15-3-1-2-9-19(15)16(21)13-4-6-14(7-5-13)18-10-8-17-12-18/h4-8,10,12,15,20H,1-3,9,11H2/t15-/m1/s1. The SMILES string of the molecule is O=C(c1ccc(-n2ccnc2)cc1)N1CCCC[C@@H]1CO. The Bertz CT molecular complexity index is 592. The fourth-order valence-electron chi connectivity index (χ4n) is 2.81. The normalized spacial score (nSPS) is 18.7. The smallest absolute Gasteiger partial charge is 0.254 e. The van der Waals surface area contributed by atoms with Gasteiger partial charge in [-0.25, -0.2) is 4.98 Å². The minimum absolute atomic E-state index is 0.00549. The number of nitrogens with zero attached hydrogens (tertiary/aromatic N) is 3. The third-order valence-electron chi connectivity index (χ3n) is 4.02. The lowest BCUT2D eigenvalue weighted by Gasteiger charge is -2.34. The molecule has 1 aliphatic rings. The molecule has 1 fully saturated rings. The summed E-state index contributed by atoms with van der Waals surface area (Å²) in [6, 6.07) is 7.45. The lowest BCUT2D eigenvalue weighted by atomic mass is 10.0. The molecule has 5 nitrogen and oxygen atoms in total. The van der Waals surface area contributed by atoms with Crippen LogP contribution in [0.15, 0.2) is 43.0 Å². The van der Waals surface area contributed by atoms with Crippen LogP contribution in [-0.2, 0) is 0 Å². The van der Waals surface area contributed by atoms with Crippen molar-refractivity contribution in [1.82, 2.24) is 14.5 Å². The Labute approximate surface area is 123 Å². The number of piperidine rings is 1. The molecule has 1 aliphatic heterocycles. The van der Waals surface area contributed by atoms with Crippen molar-refractivity contribution >= 4 is 5.91 Å². The highest BCUT2D eigenvalue weighted by Crippen LogP contribution is 2.20. The van der Waals surface area contributed by atoms with Gasteiger partial charge in [0, 0.05) is 30.2 Å². The van der Waals surface area contributed by atoms with Gasteiger partial charge >= 0.3 is 0 Å². The lowest BCUT2D eigenvalue weighted by Crippen LogP contribution is -2.45. The number of aromatic nitrogens is 2. The Morgan fingerprint density at radius 3 is 2.76 bits per heavy atom. The van der Waals surface area contributed by atoms with Gasteiger partial charge in [-0.3, -0.25) is 4.79 Å². The van der Waals surface area contributed by atoms with Crippen molar-refractivity contribution in [3.8, 4) is 5.69 Å². The highest BCUT2D eigenvalue weighted by molar-refractivity contribution is 5.94. The van der Waals surface area contributed by atoms with E-state index in [-0.39, 0.29) is 18.6 Å². The van der Waals surface area contributed by atoms with Gasteiger partial charge in [-0.1, -0.05) is 0 Å². The molecule has 1 amide bonds. The average molecular weight is 285 g/mol. The summed E-state index contributed by atoms with van der Waals surface area (Å²) in [6.45, 7) is 0.770. The summed E-state index contributed by atoms with van der Waals surface area (Å²) in [5, 5.41) is 9.42. The minimum atomic E-state index is -0.0421. The highest BCUT2D eigenvalue weighted by atomic mass is 16.3. The third-order valence-corrected chi connectivity index (χ3v) is 4.02. The zero-order valence-electron chi connectivity index (χ0n) is 11.9. The molecule has 1 aromatic carbocycles. The zero-order valence-corrected chi connectivity index (χ0v) is 11.9. The van der Waals surface area contributed by atoms with E-state index in [9.17, 15) is 9.90 Å². The number of aliphatic hydroxyl groups excluding tert-OH is 1. The Hall–Kier alpha value is -2.14. The van der Waals surface area contributed by atoms with E-state index in [4.69, 9.17) is 0 Å². The monoisotopic (exact) mass is 285 g/mol. The van der Waals surface area contributed by atoms with Gasteiger partial charge < -0.3 is 14.6 Å². The van der Waals surface area contributed by atoms with E-state index in [1.165, 1.54) is 0 Å². The summed E-state index contributed by atoms with van der Waals surface area (Å²) in [4.78, 5) is 18.4. The first-order valence-corrected chi connectivity index (χ1v) is 7.30. The van der Waals surface area contributed by atoms with Crippen molar-refractivity contribution in [2.45, 2.75) is 25.3 Å². The van der Waals surface area contributed by atoms with E-state index in [1.807, 2.05) is 35.0 Å². The number of carbonyl (C=O) groups is 1. The molecule has 2 aromatic rings. The van der Waals surface area contributed by atoms with Gasteiger partial charge in [-0.15, -0.1) is 0 Å². The molecule has 0 saturated carbocycles. The first-order chi connectivity index (χ1) is 10.3. The highest BCUT2D eigenvalue weighted by Gasteiger charge is 2.26. The predicted molar refractivity (Wildman–Crippen MR) is 79.3 cm³/mol. The van der Waals surface area contributed by atoms with Crippen LogP contribution in [0.3, 0.4) is 0 Å². The largest absolute Gasteiger partial charge is 0.394 e. The molecule has 110 valence electrons. The van der Waals surface area contributed by atoms with E-state index in [2.05, 4.69) is 4.98 Å². The number of carbonyl (C=O) groups excluding carboxylic acids is 1. The second-order valence-corrected chi connectivity index (χ2v) is 5.35. The van der Waals surface area contributed by atoms with Gasteiger partial charge in [-0.2, -0.15) is 0 Å². The fourth-order valence-corrected chi connectivity index (χ4v) is 2.81. The molecule has 0 bridgehead atoms. The topological polar surface area (TPSA) is 58.4 Å². The van der Waals surface area contributed by atoms with Crippen LogP contribution in [0.25, 0.3) is 5.69 Å². The second kappa shape index (κ2) is 6.10. The van der Waals surface area contributed by atoms with Crippen LogP contribution < -0.4 is 0 Å². The molecular formula is C16H19N3O2. The number of hydrogen-bond acceptors (Lipinski definition) is 3. The van der Waals surface area contributed by atoms with Gasteiger partial charge in [0.2, 0.25) is 0 Å². The molecular weight excluding hydrogens is 266 g/mol. The maximum Gasteiger partial charge on any atom is 0.254 e. The molecule has 1 aromatic heterocycles. The number of imidazole rings is 1. The van der Waals surface area contributed by atoms with Crippen molar-refractivity contribution in [3.05, 3.63) is 48.5 Å². The zero-order chi connectivity index (χ0) is 14.7. The van der Waals surface area contributed by atoms with Crippen LogP contribution in [0.1, 0.15) is 29.6 Å². The van der Waals surface area contributed by atoms with Crippen molar-refractivity contribution in [2.75, 3.05) is 13.2 Å². The second-order valence-electron chi connectivity index (χ2n) is 5.35. The first-order valence-electron chi connectivity index (χ1n) is 7.30. The first kappa shape index (κ1) is 13.8. The van der Waals surface area contributed by atoms with E-state index in [1.54, 1.807) is 17.4 Å². The third kappa shape index (κ3) is 2.83. The lowest BCUT2D eigenvalue weighted by molar-refractivity contribution is 0.0503.